The van der Waals surface area contributed by atoms with Crippen LogP contribution in [0.2, 0.25) is 5.02 Å². The zero-order chi connectivity index (χ0) is 12.4. The number of hydrogen-bond acceptors (Lipinski definition) is 3. The topological polar surface area (TPSA) is 42.2 Å². The predicted molar refractivity (Wildman–Crippen MR) is 72.4 cm³/mol. The highest BCUT2D eigenvalue weighted by Crippen LogP contribution is 2.34. The summed E-state index contributed by atoms with van der Waals surface area (Å²) in [6, 6.07) is 3.02. The van der Waals surface area contributed by atoms with Crippen molar-refractivity contribution in [2.45, 2.75) is 51.7 Å². The molecular formula is C13H20ClN3. The van der Waals surface area contributed by atoms with E-state index in [2.05, 4.69) is 23.7 Å². The molecule has 1 aromatic heterocycles. The van der Waals surface area contributed by atoms with E-state index in [9.17, 15) is 0 Å². The van der Waals surface area contributed by atoms with E-state index in [0.717, 1.165) is 22.8 Å². The third-order valence-corrected chi connectivity index (χ3v) is 3.89. The number of halogens is 1. The van der Waals surface area contributed by atoms with Crippen molar-refractivity contribution in [2.24, 2.45) is 5.73 Å². The molecule has 17 heavy (non-hydrogen) atoms. The first-order chi connectivity index (χ1) is 8.17. The molecule has 4 heteroatoms. The van der Waals surface area contributed by atoms with Crippen LogP contribution in [0.1, 0.15) is 38.7 Å². The van der Waals surface area contributed by atoms with E-state index in [0.29, 0.717) is 18.6 Å². The molecule has 0 saturated carbocycles. The molecule has 2 N–H and O–H groups in total. The van der Waals surface area contributed by atoms with Crippen LogP contribution in [0.15, 0.2) is 12.3 Å². The summed E-state index contributed by atoms with van der Waals surface area (Å²) in [4.78, 5) is 6.86. The summed E-state index contributed by atoms with van der Waals surface area (Å²) in [6.45, 7) is 4.95. The average molecular weight is 254 g/mol. The lowest BCUT2D eigenvalue weighted by Crippen LogP contribution is -2.35. The minimum absolute atomic E-state index is 0.486. The Kier molecular flexibility index (Phi) is 3.89. The van der Waals surface area contributed by atoms with Gasteiger partial charge in [-0.1, -0.05) is 18.5 Å². The molecule has 0 spiro atoms. The zero-order valence-electron chi connectivity index (χ0n) is 10.5. The molecule has 1 aliphatic heterocycles. The Balaban J connectivity index is 2.32. The summed E-state index contributed by atoms with van der Waals surface area (Å²) in [6.07, 6.45) is 5.42. The SMILES string of the molecule is CCC1CCC(C)N1c1ncc(CN)cc1Cl. The fraction of sp³-hybridized carbons (Fsp3) is 0.615. The van der Waals surface area contributed by atoms with Crippen LogP contribution >= 0.6 is 11.6 Å². The fourth-order valence-electron chi connectivity index (χ4n) is 2.63. The van der Waals surface area contributed by atoms with Gasteiger partial charge < -0.3 is 10.6 Å². The van der Waals surface area contributed by atoms with Crippen molar-refractivity contribution in [2.75, 3.05) is 4.90 Å². The average Bonchev–Trinajstić information content (AvgIpc) is 2.70. The van der Waals surface area contributed by atoms with Gasteiger partial charge in [0.15, 0.2) is 0 Å². The Bertz CT molecular complexity index is 394. The van der Waals surface area contributed by atoms with Crippen LogP contribution in [-0.2, 0) is 6.54 Å². The molecule has 1 saturated heterocycles. The van der Waals surface area contributed by atoms with Gasteiger partial charge in [0.25, 0.3) is 0 Å². The maximum atomic E-state index is 6.32. The quantitative estimate of drug-likeness (QED) is 0.901. The van der Waals surface area contributed by atoms with Gasteiger partial charge >= 0.3 is 0 Å². The molecule has 2 heterocycles. The van der Waals surface area contributed by atoms with E-state index < -0.39 is 0 Å². The second kappa shape index (κ2) is 5.23. The third kappa shape index (κ3) is 2.40. The van der Waals surface area contributed by atoms with Crippen LogP contribution in [0.25, 0.3) is 0 Å². The molecule has 3 nitrogen and oxygen atoms in total. The van der Waals surface area contributed by atoms with E-state index in [4.69, 9.17) is 17.3 Å². The van der Waals surface area contributed by atoms with Crippen molar-refractivity contribution in [3.63, 3.8) is 0 Å². The normalized spacial score (nSPS) is 24.4. The molecule has 0 radical (unpaired) electrons. The van der Waals surface area contributed by atoms with Crippen LogP contribution in [0, 0.1) is 0 Å². The minimum Gasteiger partial charge on any atom is -0.350 e. The molecule has 2 atom stereocenters. The van der Waals surface area contributed by atoms with Crippen molar-refractivity contribution < 1.29 is 0 Å². The summed E-state index contributed by atoms with van der Waals surface area (Å²) < 4.78 is 0. The highest BCUT2D eigenvalue weighted by atomic mass is 35.5. The van der Waals surface area contributed by atoms with Crippen LogP contribution < -0.4 is 10.6 Å². The molecule has 0 aromatic carbocycles. The molecule has 1 fully saturated rings. The number of aromatic nitrogens is 1. The summed E-state index contributed by atoms with van der Waals surface area (Å²) in [5, 5.41) is 0.722. The van der Waals surface area contributed by atoms with Crippen LogP contribution in [0.5, 0.6) is 0 Å². The van der Waals surface area contributed by atoms with E-state index in [-0.39, 0.29) is 0 Å². The molecule has 0 aliphatic carbocycles. The number of anilines is 1. The van der Waals surface area contributed by atoms with Crippen molar-refractivity contribution in [1.82, 2.24) is 4.98 Å². The molecular weight excluding hydrogens is 234 g/mol. The molecule has 2 unspecified atom stereocenters. The lowest BCUT2D eigenvalue weighted by Gasteiger charge is -2.30. The van der Waals surface area contributed by atoms with Gasteiger partial charge in [-0.2, -0.15) is 0 Å². The predicted octanol–water partition coefficient (Wildman–Crippen LogP) is 2.96. The lowest BCUT2D eigenvalue weighted by atomic mass is 10.1. The van der Waals surface area contributed by atoms with Crippen molar-refractivity contribution in [1.29, 1.82) is 0 Å². The molecule has 1 aliphatic rings. The second-order valence-electron chi connectivity index (χ2n) is 4.75. The third-order valence-electron chi connectivity index (χ3n) is 3.62. The molecule has 0 bridgehead atoms. The molecule has 0 amide bonds. The van der Waals surface area contributed by atoms with Crippen LogP contribution in [0.3, 0.4) is 0 Å². The first-order valence-corrected chi connectivity index (χ1v) is 6.68. The van der Waals surface area contributed by atoms with Crippen molar-refractivity contribution in [3.05, 3.63) is 22.8 Å². The van der Waals surface area contributed by atoms with Crippen LogP contribution in [-0.4, -0.2) is 17.1 Å². The summed E-state index contributed by atoms with van der Waals surface area (Å²) in [5.41, 5.74) is 6.58. The van der Waals surface area contributed by atoms with E-state index in [1.165, 1.54) is 12.8 Å². The second-order valence-corrected chi connectivity index (χ2v) is 5.16. The van der Waals surface area contributed by atoms with E-state index in [1.807, 2.05) is 12.3 Å². The standard InChI is InChI=1S/C13H20ClN3/c1-3-11-5-4-9(2)17(11)13-12(14)6-10(7-15)8-16-13/h6,8-9,11H,3-5,7,15H2,1-2H3. The first kappa shape index (κ1) is 12.7. The summed E-state index contributed by atoms with van der Waals surface area (Å²) in [5.74, 6) is 0.917. The van der Waals surface area contributed by atoms with E-state index >= 15 is 0 Å². The Morgan fingerprint density at radius 1 is 1.53 bits per heavy atom. The number of hydrogen-bond donors (Lipinski definition) is 1. The summed E-state index contributed by atoms with van der Waals surface area (Å²) >= 11 is 6.32. The van der Waals surface area contributed by atoms with Gasteiger partial charge in [-0.15, -0.1) is 0 Å². The van der Waals surface area contributed by atoms with Gasteiger partial charge in [0.05, 0.1) is 5.02 Å². The maximum Gasteiger partial charge on any atom is 0.147 e. The first-order valence-electron chi connectivity index (χ1n) is 6.30. The summed E-state index contributed by atoms with van der Waals surface area (Å²) in [7, 11) is 0. The van der Waals surface area contributed by atoms with Gasteiger partial charge in [-0.25, -0.2) is 4.98 Å². The van der Waals surface area contributed by atoms with Gasteiger partial charge in [-0.3, -0.25) is 0 Å². The van der Waals surface area contributed by atoms with Crippen molar-refractivity contribution in [3.8, 4) is 0 Å². The van der Waals surface area contributed by atoms with Gasteiger partial charge in [0, 0.05) is 24.8 Å². The number of rotatable bonds is 3. The van der Waals surface area contributed by atoms with Crippen LogP contribution in [0.4, 0.5) is 5.82 Å². The maximum absolute atomic E-state index is 6.32. The Morgan fingerprint density at radius 2 is 2.29 bits per heavy atom. The number of pyridine rings is 1. The Hall–Kier alpha value is -0.800. The fourth-order valence-corrected chi connectivity index (χ4v) is 2.91. The van der Waals surface area contributed by atoms with Gasteiger partial charge in [-0.05, 0) is 37.8 Å². The largest absolute Gasteiger partial charge is 0.350 e. The minimum atomic E-state index is 0.486. The lowest BCUT2D eigenvalue weighted by molar-refractivity contribution is 0.621. The number of nitrogens with two attached hydrogens (primary N) is 1. The van der Waals surface area contributed by atoms with Gasteiger partial charge in [0.2, 0.25) is 0 Å². The molecule has 94 valence electrons. The van der Waals surface area contributed by atoms with E-state index in [1.54, 1.807) is 0 Å². The van der Waals surface area contributed by atoms with Crippen molar-refractivity contribution >= 4 is 17.4 Å². The highest BCUT2D eigenvalue weighted by molar-refractivity contribution is 6.33. The Morgan fingerprint density at radius 3 is 2.88 bits per heavy atom. The Labute approximate surface area is 108 Å². The number of nitrogens with zero attached hydrogens (tertiary/aromatic N) is 2. The van der Waals surface area contributed by atoms with Gasteiger partial charge in [0.1, 0.15) is 5.82 Å². The molecule has 1 aromatic rings. The highest BCUT2D eigenvalue weighted by Gasteiger charge is 2.31. The monoisotopic (exact) mass is 253 g/mol. The zero-order valence-corrected chi connectivity index (χ0v) is 11.2. The molecule has 2 rings (SSSR count). The smallest absolute Gasteiger partial charge is 0.147 e.